The molecule has 0 spiro atoms. The van der Waals surface area contributed by atoms with Crippen LogP contribution in [0.15, 0.2) is 36.5 Å². The van der Waals surface area contributed by atoms with Gasteiger partial charge in [0.15, 0.2) is 11.5 Å². The van der Waals surface area contributed by atoms with E-state index in [-0.39, 0.29) is 37.5 Å². The molecular formula is C19H27Cl3N2O3. The third-order valence-electron chi connectivity index (χ3n) is 3.80. The number of ether oxygens (including phenoxy) is 2. The van der Waals surface area contributed by atoms with Crippen LogP contribution in [0.2, 0.25) is 5.15 Å². The molecule has 0 radical (unpaired) electrons. The van der Waals surface area contributed by atoms with Crippen molar-refractivity contribution < 1.29 is 14.6 Å². The lowest BCUT2D eigenvalue weighted by atomic mass is 10.1. The number of rotatable bonds is 10. The van der Waals surface area contributed by atoms with Gasteiger partial charge in [0.05, 0.1) is 13.2 Å². The van der Waals surface area contributed by atoms with Crippen molar-refractivity contribution >= 4 is 36.4 Å². The van der Waals surface area contributed by atoms with Gasteiger partial charge < -0.3 is 19.9 Å². The topological polar surface area (TPSA) is 63.6 Å². The van der Waals surface area contributed by atoms with E-state index in [1.807, 2.05) is 38.1 Å². The Kier molecular flexibility index (Phi) is 13.2. The van der Waals surface area contributed by atoms with E-state index in [2.05, 4.69) is 10.3 Å². The van der Waals surface area contributed by atoms with Gasteiger partial charge in [0.2, 0.25) is 0 Å². The molecule has 1 unspecified atom stereocenters. The normalized spacial score (nSPS) is 11.1. The zero-order chi connectivity index (χ0) is 18.1. The number of pyridine rings is 1. The summed E-state index contributed by atoms with van der Waals surface area (Å²) in [6, 6.07) is 9.59. The molecular weight excluding hydrogens is 411 g/mol. The molecule has 0 bridgehead atoms. The number of hydrogen-bond acceptors (Lipinski definition) is 5. The predicted molar refractivity (Wildman–Crippen MR) is 114 cm³/mol. The van der Waals surface area contributed by atoms with Crippen LogP contribution in [0, 0.1) is 0 Å². The van der Waals surface area contributed by atoms with Crippen molar-refractivity contribution in [3.05, 3.63) is 52.8 Å². The number of hydrogen-bond donors (Lipinski definition) is 2. The summed E-state index contributed by atoms with van der Waals surface area (Å²) in [4.78, 5) is 4.05. The lowest BCUT2D eigenvalue weighted by Gasteiger charge is -2.16. The maximum absolute atomic E-state index is 9.26. The van der Waals surface area contributed by atoms with Gasteiger partial charge in [-0.1, -0.05) is 30.7 Å². The van der Waals surface area contributed by atoms with Crippen molar-refractivity contribution in [3.8, 4) is 11.5 Å². The molecule has 0 aliphatic heterocycles. The lowest BCUT2D eigenvalue weighted by Crippen LogP contribution is -2.31. The van der Waals surface area contributed by atoms with E-state index in [1.54, 1.807) is 12.3 Å². The van der Waals surface area contributed by atoms with Crippen LogP contribution >= 0.6 is 36.4 Å². The Bertz CT molecular complexity index is 653. The molecule has 1 atom stereocenters. The Morgan fingerprint density at radius 1 is 1.07 bits per heavy atom. The number of nitrogens with zero attached hydrogens (tertiary/aromatic N) is 1. The van der Waals surface area contributed by atoms with E-state index < -0.39 is 0 Å². The van der Waals surface area contributed by atoms with E-state index >= 15 is 0 Å². The Labute approximate surface area is 178 Å². The fraction of sp³-hybridized carbons (Fsp3) is 0.421. The van der Waals surface area contributed by atoms with E-state index in [4.69, 9.17) is 21.1 Å². The van der Waals surface area contributed by atoms with E-state index in [1.165, 1.54) is 0 Å². The molecule has 0 aliphatic carbocycles. The summed E-state index contributed by atoms with van der Waals surface area (Å²) in [5.41, 5.74) is 2.02. The number of benzene rings is 1. The second-order valence-corrected chi connectivity index (χ2v) is 6.05. The highest BCUT2D eigenvalue weighted by Crippen LogP contribution is 2.29. The quantitative estimate of drug-likeness (QED) is 0.539. The minimum Gasteiger partial charge on any atom is -0.490 e. The number of aliphatic hydroxyl groups excluding tert-OH is 1. The summed E-state index contributed by atoms with van der Waals surface area (Å²) in [5.74, 6) is 1.40. The summed E-state index contributed by atoms with van der Waals surface area (Å²) in [6.07, 6.45) is 2.58. The molecule has 27 heavy (non-hydrogen) atoms. The Morgan fingerprint density at radius 2 is 1.81 bits per heavy atom. The van der Waals surface area contributed by atoms with Crippen molar-refractivity contribution in [2.45, 2.75) is 39.5 Å². The fourth-order valence-corrected chi connectivity index (χ4v) is 2.41. The van der Waals surface area contributed by atoms with Gasteiger partial charge in [0.25, 0.3) is 0 Å². The van der Waals surface area contributed by atoms with E-state index in [9.17, 15) is 5.11 Å². The molecule has 152 valence electrons. The zero-order valence-electron chi connectivity index (χ0n) is 15.5. The molecule has 2 rings (SSSR count). The van der Waals surface area contributed by atoms with Gasteiger partial charge >= 0.3 is 0 Å². The van der Waals surface area contributed by atoms with Crippen LogP contribution in [0.1, 0.15) is 31.4 Å². The van der Waals surface area contributed by atoms with Crippen LogP contribution < -0.4 is 14.8 Å². The first-order chi connectivity index (χ1) is 12.2. The van der Waals surface area contributed by atoms with Crippen LogP contribution in [-0.2, 0) is 13.2 Å². The molecule has 0 aliphatic rings. The number of aromatic nitrogens is 1. The van der Waals surface area contributed by atoms with Crippen molar-refractivity contribution in [1.82, 2.24) is 10.3 Å². The van der Waals surface area contributed by atoms with Gasteiger partial charge in [0, 0.05) is 24.3 Å². The molecule has 1 aromatic carbocycles. The Morgan fingerprint density at radius 3 is 2.41 bits per heavy atom. The van der Waals surface area contributed by atoms with E-state index in [0.29, 0.717) is 36.4 Å². The molecule has 0 saturated heterocycles. The molecule has 1 heterocycles. The number of halogens is 3. The average molecular weight is 438 g/mol. The van der Waals surface area contributed by atoms with Crippen molar-refractivity contribution in [3.63, 3.8) is 0 Å². The van der Waals surface area contributed by atoms with Gasteiger partial charge in [-0.2, -0.15) is 0 Å². The largest absolute Gasteiger partial charge is 0.490 e. The maximum atomic E-state index is 9.26. The van der Waals surface area contributed by atoms with Crippen LogP contribution in [-0.4, -0.2) is 29.3 Å². The minimum absolute atomic E-state index is 0. The Hall–Kier alpha value is -1.24. The van der Waals surface area contributed by atoms with Crippen molar-refractivity contribution in [2.75, 3.05) is 13.2 Å². The zero-order valence-corrected chi connectivity index (χ0v) is 17.9. The molecule has 2 aromatic rings. The van der Waals surface area contributed by atoms with Crippen LogP contribution in [0.4, 0.5) is 0 Å². The van der Waals surface area contributed by atoms with E-state index in [0.717, 1.165) is 17.5 Å². The first-order valence-corrected chi connectivity index (χ1v) is 8.87. The van der Waals surface area contributed by atoms with Crippen LogP contribution in [0.5, 0.6) is 11.5 Å². The third kappa shape index (κ3) is 8.54. The second-order valence-electron chi connectivity index (χ2n) is 5.66. The first kappa shape index (κ1) is 25.8. The summed E-state index contributed by atoms with van der Waals surface area (Å²) in [7, 11) is 0. The van der Waals surface area contributed by atoms with Crippen molar-refractivity contribution in [1.29, 1.82) is 0 Å². The average Bonchev–Trinajstić information content (AvgIpc) is 2.63. The second kappa shape index (κ2) is 13.9. The molecule has 1 aromatic heterocycles. The molecule has 0 amide bonds. The molecule has 0 saturated carbocycles. The fourth-order valence-electron chi connectivity index (χ4n) is 2.30. The summed E-state index contributed by atoms with van der Waals surface area (Å²) >= 11 is 5.79. The van der Waals surface area contributed by atoms with Gasteiger partial charge in [0.1, 0.15) is 11.8 Å². The first-order valence-electron chi connectivity index (χ1n) is 8.49. The number of aliphatic hydroxyl groups is 1. The Balaban J connectivity index is 0.00000338. The third-order valence-corrected chi connectivity index (χ3v) is 4.02. The smallest absolute Gasteiger partial charge is 0.161 e. The molecule has 8 heteroatoms. The van der Waals surface area contributed by atoms with Crippen molar-refractivity contribution in [2.24, 2.45) is 0 Å². The summed E-state index contributed by atoms with van der Waals surface area (Å²) in [5, 5.41) is 13.0. The summed E-state index contributed by atoms with van der Waals surface area (Å²) in [6.45, 7) is 5.73. The van der Waals surface area contributed by atoms with Gasteiger partial charge in [-0.25, -0.2) is 4.98 Å². The highest BCUT2D eigenvalue weighted by Gasteiger charge is 2.09. The molecule has 2 N–H and O–H groups in total. The maximum Gasteiger partial charge on any atom is 0.161 e. The van der Waals surface area contributed by atoms with Gasteiger partial charge in [-0.15, -0.1) is 24.8 Å². The van der Waals surface area contributed by atoms with Crippen LogP contribution in [0.3, 0.4) is 0 Å². The summed E-state index contributed by atoms with van der Waals surface area (Å²) < 4.78 is 11.6. The van der Waals surface area contributed by atoms with Crippen LogP contribution in [0.25, 0.3) is 0 Å². The lowest BCUT2D eigenvalue weighted by molar-refractivity contribution is 0.238. The van der Waals surface area contributed by atoms with Gasteiger partial charge in [-0.05, 0) is 37.1 Å². The monoisotopic (exact) mass is 436 g/mol. The highest BCUT2D eigenvalue weighted by atomic mass is 35.5. The SMILES string of the molecule is CCOc1cc(CNC(CC)CO)ccc1OCc1ccc(Cl)nc1.Cl.Cl. The predicted octanol–water partition coefficient (Wildman–Crippen LogP) is 4.42. The number of nitrogens with one attached hydrogen (secondary N) is 1. The van der Waals surface area contributed by atoms with Gasteiger partial charge in [-0.3, -0.25) is 0 Å². The minimum atomic E-state index is 0. The highest BCUT2D eigenvalue weighted by molar-refractivity contribution is 6.29. The standard InChI is InChI=1S/C19H25ClN2O3.2ClH/c1-3-16(12-23)21-10-14-5-7-17(18(9-14)24-4-2)25-13-15-6-8-19(20)22-11-15;;/h5-9,11,16,21,23H,3-4,10,12-13H2,1-2H3;2*1H. The molecule has 5 nitrogen and oxygen atoms in total. The molecule has 0 fully saturated rings.